The number of allylic oxidation sites excluding steroid dienone is 1. The van der Waals surface area contributed by atoms with Gasteiger partial charge in [-0.25, -0.2) is 0 Å². The Kier molecular flexibility index (Phi) is 3.47. The molecule has 0 bridgehead atoms. The molecule has 0 fully saturated rings. The summed E-state index contributed by atoms with van der Waals surface area (Å²) in [7, 11) is 0. The Morgan fingerprint density at radius 2 is 2.19 bits per heavy atom. The average Bonchev–Trinajstić information content (AvgIpc) is 2.33. The summed E-state index contributed by atoms with van der Waals surface area (Å²) in [5, 5.41) is 1.70. The molecular weight excluding hydrogens is 241 g/mol. The van der Waals surface area contributed by atoms with Gasteiger partial charge in [-0.05, 0) is 25.1 Å². The number of hydrogen-bond donors (Lipinski definition) is 0. The Bertz CT molecular complexity index is 547. The smallest absolute Gasteiger partial charge is 0.0789 e. The molecule has 0 aliphatic rings. The number of fused-ring (bicyclic) bond motifs is 1. The third kappa shape index (κ3) is 2.21. The molecule has 82 valence electrons. The molecule has 0 N–H and O–H groups in total. The van der Waals surface area contributed by atoms with Crippen molar-refractivity contribution in [3.63, 3.8) is 0 Å². The molecule has 0 aliphatic carbocycles. The number of aromatic nitrogens is 1. The Hall–Kier alpha value is -1.05. The molecule has 16 heavy (non-hydrogen) atoms. The first kappa shape index (κ1) is 11.4. The number of benzene rings is 1. The van der Waals surface area contributed by atoms with Crippen LogP contribution in [-0.4, -0.2) is 10.9 Å². The van der Waals surface area contributed by atoms with Gasteiger partial charge in [0.25, 0.3) is 0 Å². The lowest BCUT2D eigenvalue weighted by Gasteiger charge is -2.04. The van der Waals surface area contributed by atoms with Gasteiger partial charge in [0.05, 0.1) is 10.5 Å². The highest BCUT2D eigenvalue weighted by Crippen LogP contribution is 2.26. The molecule has 1 heterocycles. The van der Waals surface area contributed by atoms with E-state index in [1.165, 1.54) is 0 Å². The van der Waals surface area contributed by atoms with E-state index in [0.717, 1.165) is 27.1 Å². The van der Waals surface area contributed by atoms with Gasteiger partial charge in [0.15, 0.2) is 0 Å². The van der Waals surface area contributed by atoms with Crippen LogP contribution in [0.3, 0.4) is 0 Å². The summed E-state index contributed by atoms with van der Waals surface area (Å²) in [4.78, 5) is 4.36. The Morgan fingerprint density at radius 3 is 2.94 bits per heavy atom. The predicted molar refractivity (Wildman–Crippen MR) is 71.1 cm³/mol. The van der Waals surface area contributed by atoms with Crippen LogP contribution in [0.1, 0.15) is 12.5 Å². The molecule has 0 atom stereocenters. The van der Waals surface area contributed by atoms with Gasteiger partial charge in [-0.3, -0.25) is 4.98 Å². The summed E-state index contributed by atoms with van der Waals surface area (Å²) < 4.78 is 0. The maximum absolute atomic E-state index is 6.11. The molecule has 0 spiro atoms. The molecule has 0 saturated heterocycles. The van der Waals surface area contributed by atoms with E-state index in [-0.39, 0.29) is 0 Å². The summed E-state index contributed by atoms with van der Waals surface area (Å²) in [5.41, 5.74) is 3.08. The normalized spacial score (nSPS) is 12.1. The first-order valence-electron chi connectivity index (χ1n) is 4.98. The van der Waals surface area contributed by atoms with Crippen molar-refractivity contribution >= 4 is 40.2 Å². The van der Waals surface area contributed by atoms with Crippen LogP contribution >= 0.6 is 23.2 Å². The van der Waals surface area contributed by atoms with E-state index in [2.05, 4.69) is 4.98 Å². The molecule has 2 aromatic rings. The number of alkyl halides is 1. The van der Waals surface area contributed by atoms with Gasteiger partial charge in [0.1, 0.15) is 0 Å². The molecule has 0 unspecified atom stereocenters. The minimum atomic E-state index is 0.525. The van der Waals surface area contributed by atoms with E-state index in [1.807, 2.05) is 37.3 Å². The topological polar surface area (TPSA) is 12.9 Å². The predicted octanol–water partition coefficient (Wildman–Crippen LogP) is 4.53. The number of rotatable bonds is 2. The third-order valence-electron chi connectivity index (χ3n) is 2.36. The fourth-order valence-electron chi connectivity index (χ4n) is 1.58. The van der Waals surface area contributed by atoms with E-state index < -0.39 is 0 Å². The van der Waals surface area contributed by atoms with E-state index in [0.29, 0.717) is 5.88 Å². The van der Waals surface area contributed by atoms with Crippen molar-refractivity contribution in [3.8, 4) is 0 Å². The Labute approximate surface area is 105 Å². The highest BCUT2D eigenvalue weighted by Gasteiger charge is 2.03. The van der Waals surface area contributed by atoms with Crippen LogP contribution in [0.25, 0.3) is 17.0 Å². The molecule has 0 amide bonds. The lowest BCUT2D eigenvalue weighted by atomic mass is 10.1. The monoisotopic (exact) mass is 251 g/mol. The molecule has 1 nitrogen and oxygen atoms in total. The fraction of sp³-hybridized carbons (Fsp3) is 0.154. The number of hydrogen-bond acceptors (Lipinski definition) is 1. The van der Waals surface area contributed by atoms with Gasteiger partial charge < -0.3 is 0 Å². The summed E-state index contributed by atoms with van der Waals surface area (Å²) in [6, 6.07) is 7.71. The number of nitrogens with zero attached hydrogens (tertiary/aromatic N) is 1. The largest absolute Gasteiger partial charge is 0.256 e. The van der Waals surface area contributed by atoms with Crippen molar-refractivity contribution < 1.29 is 0 Å². The highest BCUT2D eigenvalue weighted by molar-refractivity contribution is 6.35. The SMILES string of the molecule is C/C(=C/c1ccc(Cl)c2cccnc12)CCl. The van der Waals surface area contributed by atoms with E-state index in [4.69, 9.17) is 23.2 Å². The molecular formula is C13H11Cl2N. The van der Waals surface area contributed by atoms with Crippen LogP contribution in [0.2, 0.25) is 5.02 Å². The minimum absolute atomic E-state index is 0.525. The first-order valence-corrected chi connectivity index (χ1v) is 5.90. The number of pyridine rings is 1. The quantitative estimate of drug-likeness (QED) is 0.715. The maximum Gasteiger partial charge on any atom is 0.0789 e. The van der Waals surface area contributed by atoms with E-state index in [1.54, 1.807) is 6.20 Å². The van der Waals surface area contributed by atoms with Crippen LogP contribution in [0, 0.1) is 0 Å². The fourth-order valence-corrected chi connectivity index (χ4v) is 1.87. The van der Waals surface area contributed by atoms with E-state index >= 15 is 0 Å². The van der Waals surface area contributed by atoms with Gasteiger partial charge in [0.2, 0.25) is 0 Å². The van der Waals surface area contributed by atoms with Crippen LogP contribution < -0.4 is 0 Å². The van der Waals surface area contributed by atoms with Crippen molar-refractivity contribution in [1.29, 1.82) is 0 Å². The zero-order chi connectivity index (χ0) is 11.5. The molecule has 0 saturated carbocycles. The summed E-state index contributed by atoms with van der Waals surface area (Å²) in [6.45, 7) is 2.00. The zero-order valence-corrected chi connectivity index (χ0v) is 10.4. The molecule has 3 heteroatoms. The van der Waals surface area contributed by atoms with Crippen molar-refractivity contribution in [3.05, 3.63) is 46.6 Å². The molecule has 1 aromatic heterocycles. The van der Waals surface area contributed by atoms with Gasteiger partial charge in [-0.15, -0.1) is 11.6 Å². The highest BCUT2D eigenvalue weighted by atomic mass is 35.5. The van der Waals surface area contributed by atoms with Crippen molar-refractivity contribution in [2.75, 3.05) is 5.88 Å². The van der Waals surface area contributed by atoms with Crippen LogP contribution in [0.4, 0.5) is 0 Å². The second-order valence-electron chi connectivity index (χ2n) is 3.66. The zero-order valence-electron chi connectivity index (χ0n) is 8.87. The molecule has 0 aliphatic heterocycles. The Morgan fingerprint density at radius 1 is 1.38 bits per heavy atom. The first-order chi connectivity index (χ1) is 7.72. The third-order valence-corrected chi connectivity index (χ3v) is 3.11. The van der Waals surface area contributed by atoms with E-state index in [9.17, 15) is 0 Å². The summed E-state index contributed by atoms with van der Waals surface area (Å²) >= 11 is 11.9. The van der Waals surface area contributed by atoms with Gasteiger partial charge >= 0.3 is 0 Å². The van der Waals surface area contributed by atoms with Crippen molar-refractivity contribution in [2.45, 2.75) is 6.92 Å². The maximum atomic E-state index is 6.11. The standard InChI is InChI=1S/C13H11Cl2N/c1-9(8-14)7-10-4-5-12(15)11-3-2-6-16-13(10)11/h2-7H,8H2,1H3/b9-7-. The average molecular weight is 252 g/mol. The van der Waals surface area contributed by atoms with Crippen molar-refractivity contribution in [2.24, 2.45) is 0 Å². The van der Waals surface area contributed by atoms with Crippen LogP contribution in [0.15, 0.2) is 36.0 Å². The second kappa shape index (κ2) is 4.86. The summed E-state index contributed by atoms with van der Waals surface area (Å²) in [6.07, 6.45) is 3.81. The van der Waals surface area contributed by atoms with Gasteiger partial charge in [-0.1, -0.05) is 29.3 Å². The lowest BCUT2D eigenvalue weighted by molar-refractivity contribution is 1.39. The number of halogens is 2. The van der Waals surface area contributed by atoms with Crippen LogP contribution in [-0.2, 0) is 0 Å². The minimum Gasteiger partial charge on any atom is -0.256 e. The molecule has 1 aromatic carbocycles. The molecule has 2 rings (SSSR count). The lowest BCUT2D eigenvalue weighted by Crippen LogP contribution is -1.85. The molecule has 0 radical (unpaired) electrons. The van der Waals surface area contributed by atoms with Crippen molar-refractivity contribution in [1.82, 2.24) is 4.98 Å². The Balaban J connectivity index is 2.68. The second-order valence-corrected chi connectivity index (χ2v) is 4.33. The van der Waals surface area contributed by atoms with Crippen LogP contribution in [0.5, 0.6) is 0 Å². The summed E-state index contributed by atoms with van der Waals surface area (Å²) in [5.74, 6) is 0.525. The van der Waals surface area contributed by atoms with Gasteiger partial charge in [-0.2, -0.15) is 0 Å². The van der Waals surface area contributed by atoms with Gasteiger partial charge in [0, 0.05) is 23.0 Å².